The van der Waals surface area contributed by atoms with Crippen LogP contribution in [0.5, 0.6) is 0 Å². The van der Waals surface area contributed by atoms with Gasteiger partial charge in [-0.1, -0.05) is 82.6 Å². The fourth-order valence-corrected chi connectivity index (χ4v) is 4.24. The number of allylic oxidation sites excluding steroid dienone is 4. The Morgan fingerprint density at radius 3 is 1.86 bits per heavy atom. The van der Waals surface area contributed by atoms with Crippen LogP contribution in [-0.2, 0) is 9.53 Å². The number of esters is 1. The van der Waals surface area contributed by atoms with Crippen molar-refractivity contribution >= 4 is 5.97 Å². The van der Waals surface area contributed by atoms with Gasteiger partial charge >= 0.3 is 5.97 Å². The van der Waals surface area contributed by atoms with Gasteiger partial charge in [0.15, 0.2) is 0 Å². The summed E-state index contributed by atoms with van der Waals surface area (Å²) in [5.41, 5.74) is 0. The molecule has 1 atom stereocenters. The van der Waals surface area contributed by atoms with E-state index < -0.39 is 0 Å². The van der Waals surface area contributed by atoms with E-state index in [1.54, 1.807) is 0 Å². The number of aliphatic hydroxyl groups is 1. The second-order valence-electron chi connectivity index (χ2n) is 10.3. The third kappa shape index (κ3) is 27.3. The van der Waals surface area contributed by atoms with Crippen LogP contribution in [0, 0.1) is 0 Å². The van der Waals surface area contributed by atoms with Crippen LogP contribution in [0.3, 0.4) is 0 Å². The molecule has 0 aliphatic carbocycles. The first-order valence-electron chi connectivity index (χ1n) is 14.8. The summed E-state index contributed by atoms with van der Waals surface area (Å²) >= 11 is 0. The number of hydrogen-bond acceptors (Lipinski definition) is 4. The maximum atomic E-state index is 12.3. The summed E-state index contributed by atoms with van der Waals surface area (Å²) in [6, 6.07) is 0. The summed E-state index contributed by atoms with van der Waals surface area (Å²) in [5.74, 6) is -0.0350. The molecule has 0 spiro atoms. The van der Waals surface area contributed by atoms with Gasteiger partial charge in [0, 0.05) is 13.0 Å². The Bertz CT molecular complexity index is 501. The van der Waals surface area contributed by atoms with Crippen molar-refractivity contribution in [2.24, 2.45) is 0 Å². The molecule has 0 fully saturated rings. The molecule has 0 aromatic carbocycles. The van der Waals surface area contributed by atoms with Gasteiger partial charge in [-0.3, -0.25) is 4.79 Å². The Morgan fingerprint density at radius 2 is 1.29 bits per heavy atom. The highest BCUT2D eigenvalue weighted by Crippen LogP contribution is 2.17. The molecule has 0 aromatic rings. The lowest BCUT2D eigenvalue weighted by Crippen LogP contribution is -2.20. The molecule has 0 radical (unpaired) electrons. The van der Waals surface area contributed by atoms with Gasteiger partial charge in [0.2, 0.25) is 0 Å². The van der Waals surface area contributed by atoms with Crippen LogP contribution in [0.1, 0.15) is 135 Å². The highest BCUT2D eigenvalue weighted by atomic mass is 16.5. The molecule has 0 bridgehead atoms. The zero-order chi connectivity index (χ0) is 25.8. The average Bonchev–Trinajstić information content (AvgIpc) is 2.83. The smallest absolute Gasteiger partial charge is 0.306 e. The Kier molecular flexibility index (Phi) is 26.6. The number of carbonyl (C=O) groups is 1. The molecular weight excluding hydrogens is 434 g/mol. The predicted molar refractivity (Wildman–Crippen MR) is 152 cm³/mol. The van der Waals surface area contributed by atoms with Crippen LogP contribution in [0.15, 0.2) is 24.3 Å². The van der Waals surface area contributed by atoms with Crippen molar-refractivity contribution in [2.75, 3.05) is 27.2 Å². The highest BCUT2D eigenvalue weighted by Gasteiger charge is 2.14. The zero-order valence-electron chi connectivity index (χ0n) is 23.7. The summed E-state index contributed by atoms with van der Waals surface area (Å²) in [5, 5.41) is 8.95. The maximum Gasteiger partial charge on any atom is 0.306 e. The van der Waals surface area contributed by atoms with Crippen LogP contribution in [0.4, 0.5) is 0 Å². The topological polar surface area (TPSA) is 49.8 Å². The van der Waals surface area contributed by atoms with E-state index in [-0.39, 0.29) is 18.7 Å². The molecule has 35 heavy (non-hydrogen) atoms. The van der Waals surface area contributed by atoms with E-state index in [0.29, 0.717) is 6.42 Å². The molecule has 0 amide bonds. The largest absolute Gasteiger partial charge is 0.462 e. The molecule has 0 aromatic heterocycles. The van der Waals surface area contributed by atoms with E-state index in [1.807, 2.05) is 14.1 Å². The van der Waals surface area contributed by atoms with Gasteiger partial charge in [-0.15, -0.1) is 0 Å². The minimum Gasteiger partial charge on any atom is -0.462 e. The molecule has 206 valence electrons. The van der Waals surface area contributed by atoms with Gasteiger partial charge in [-0.2, -0.15) is 0 Å². The second-order valence-corrected chi connectivity index (χ2v) is 10.3. The third-order valence-corrected chi connectivity index (χ3v) is 6.45. The van der Waals surface area contributed by atoms with E-state index in [1.165, 1.54) is 64.2 Å². The number of nitrogens with zero attached hydrogens (tertiary/aromatic N) is 1. The van der Waals surface area contributed by atoms with Crippen molar-refractivity contribution < 1.29 is 14.6 Å². The molecule has 1 unspecified atom stereocenters. The number of aliphatic hydroxyl groups excluding tert-OH is 1. The SMILES string of the molecule is CCCCC/C=C\C/C=C\CCCCCCCCC(CCCCCCO)OC(=O)CCCN(C)C. The monoisotopic (exact) mass is 493 g/mol. The van der Waals surface area contributed by atoms with Crippen LogP contribution in [0.25, 0.3) is 0 Å². The number of rotatable bonds is 26. The lowest BCUT2D eigenvalue weighted by Gasteiger charge is -2.18. The van der Waals surface area contributed by atoms with Gasteiger partial charge in [-0.05, 0) is 91.3 Å². The molecule has 0 saturated carbocycles. The Morgan fingerprint density at radius 1 is 0.743 bits per heavy atom. The van der Waals surface area contributed by atoms with Crippen molar-refractivity contribution in [1.29, 1.82) is 0 Å². The van der Waals surface area contributed by atoms with E-state index in [9.17, 15) is 4.79 Å². The van der Waals surface area contributed by atoms with Crippen molar-refractivity contribution in [3.8, 4) is 0 Å². The highest BCUT2D eigenvalue weighted by molar-refractivity contribution is 5.69. The van der Waals surface area contributed by atoms with Crippen molar-refractivity contribution in [2.45, 2.75) is 141 Å². The normalized spacial score (nSPS) is 12.8. The first-order valence-corrected chi connectivity index (χ1v) is 14.8. The predicted octanol–water partition coefficient (Wildman–Crippen LogP) is 8.39. The summed E-state index contributed by atoms with van der Waals surface area (Å²) < 4.78 is 5.84. The van der Waals surface area contributed by atoms with Crippen LogP contribution < -0.4 is 0 Å². The lowest BCUT2D eigenvalue weighted by molar-refractivity contribution is -0.150. The first-order chi connectivity index (χ1) is 17.1. The number of hydrogen-bond donors (Lipinski definition) is 1. The van der Waals surface area contributed by atoms with Crippen LogP contribution in [0.2, 0.25) is 0 Å². The summed E-state index contributed by atoms with van der Waals surface area (Å²) in [6.07, 6.45) is 31.9. The quantitative estimate of drug-likeness (QED) is 0.0746. The van der Waals surface area contributed by atoms with Crippen molar-refractivity contribution in [1.82, 2.24) is 4.90 Å². The molecule has 0 rings (SSSR count). The van der Waals surface area contributed by atoms with Crippen LogP contribution in [-0.4, -0.2) is 49.3 Å². The van der Waals surface area contributed by atoms with E-state index >= 15 is 0 Å². The first kappa shape index (κ1) is 33.9. The Hall–Kier alpha value is -1.13. The number of ether oxygens (including phenoxy) is 1. The maximum absolute atomic E-state index is 12.3. The summed E-state index contributed by atoms with van der Waals surface area (Å²) in [7, 11) is 4.07. The van der Waals surface area contributed by atoms with Gasteiger partial charge in [-0.25, -0.2) is 0 Å². The summed E-state index contributed by atoms with van der Waals surface area (Å²) in [6.45, 7) is 3.45. The average molecular weight is 494 g/mol. The third-order valence-electron chi connectivity index (χ3n) is 6.45. The van der Waals surface area contributed by atoms with E-state index in [4.69, 9.17) is 9.84 Å². The molecule has 0 aliphatic rings. The van der Waals surface area contributed by atoms with Gasteiger partial charge in [0.1, 0.15) is 6.10 Å². The van der Waals surface area contributed by atoms with Crippen molar-refractivity contribution in [3.63, 3.8) is 0 Å². The van der Waals surface area contributed by atoms with Gasteiger partial charge < -0.3 is 14.7 Å². The van der Waals surface area contributed by atoms with Gasteiger partial charge in [0.25, 0.3) is 0 Å². The fraction of sp³-hybridized carbons (Fsp3) is 0.839. The Balaban J connectivity index is 3.87. The van der Waals surface area contributed by atoms with Crippen molar-refractivity contribution in [3.05, 3.63) is 24.3 Å². The van der Waals surface area contributed by atoms with Gasteiger partial charge in [0.05, 0.1) is 0 Å². The molecule has 0 saturated heterocycles. The second kappa shape index (κ2) is 27.5. The minimum atomic E-state index is -0.0350. The van der Waals surface area contributed by atoms with E-state index in [2.05, 4.69) is 36.1 Å². The Labute approximate surface area is 218 Å². The number of carbonyl (C=O) groups excluding carboxylic acids is 1. The van der Waals surface area contributed by atoms with E-state index in [0.717, 1.165) is 64.3 Å². The van der Waals surface area contributed by atoms with Crippen LogP contribution >= 0.6 is 0 Å². The minimum absolute atomic E-state index is 0.0350. The molecule has 0 aliphatic heterocycles. The summed E-state index contributed by atoms with van der Waals surface area (Å²) in [4.78, 5) is 14.4. The molecule has 1 N–H and O–H groups in total. The molecule has 4 heteroatoms. The zero-order valence-corrected chi connectivity index (χ0v) is 23.7. The molecular formula is C31H59NO3. The molecule has 4 nitrogen and oxygen atoms in total. The standard InChI is InChI=1S/C31H59NO3/c1-4-5-6-7-8-9-10-11-12-13-14-15-16-17-18-21-25-30(26-22-19-20-23-29-33)35-31(34)27-24-28-32(2)3/h8-9,11-12,30,33H,4-7,10,13-29H2,1-3H3/b9-8-,12-11-. The molecule has 0 heterocycles. The number of unbranched alkanes of at least 4 members (excludes halogenated alkanes) is 12. The lowest BCUT2D eigenvalue weighted by atomic mass is 10.0. The fourth-order valence-electron chi connectivity index (χ4n) is 4.24.